The molecule has 0 aliphatic carbocycles. The normalized spacial score (nSPS) is 24.9. The van der Waals surface area contributed by atoms with E-state index >= 15 is 0 Å². The zero-order chi connectivity index (χ0) is 23.2. The number of aliphatic hydroxyl groups is 1. The third-order valence-corrected chi connectivity index (χ3v) is 7.85. The Morgan fingerprint density at radius 1 is 1.06 bits per heavy atom. The van der Waals surface area contributed by atoms with E-state index in [1.54, 1.807) is 0 Å². The van der Waals surface area contributed by atoms with Gasteiger partial charge >= 0.3 is 0 Å². The maximum Gasteiger partial charge on any atom is 0.211 e. The van der Waals surface area contributed by atoms with Crippen LogP contribution in [-0.4, -0.2) is 39.9 Å². The predicted molar refractivity (Wildman–Crippen MR) is 136 cm³/mol. The van der Waals surface area contributed by atoms with Gasteiger partial charge in [0.15, 0.2) is 0 Å². The van der Waals surface area contributed by atoms with Gasteiger partial charge in [-0.25, -0.2) is 4.98 Å². The Morgan fingerprint density at radius 2 is 1.82 bits per heavy atom. The van der Waals surface area contributed by atoms with E-state index in [-0.39, 0.29) is 11.8 Å². The summed E-state index contributed by atoms with van der Waals surface area (Å²) in [5, 5.41) is 14.5. The molecule has 7 rings (SSSR count). The number of carbonyl (C=O) groups is 1. The second kappa shape index (κ2) is 8.46. The largest absolute Gasteiger partial charge is 0.387 e. The highest BCUT2D eigenvalue weighted by Crippen LogP contribution is 2.42. The van der Waals surface area contributed by atoms with E-state index < -0.39 is 6.10 Å². The maximum atomic E-state index is 13.7. The number of aliphatic hydroxyl groups excluding tert-OH is 1. The highest BCUT2D eigenvalue weighted by Gasteiger charge is 2.42. The van der Waals surface area contributed by atoms with E-state index in [1.807, 2.05) is 72.8 Å². The van der Waals surface area contributed by atoms with Crippen LogP contribution in [0.25, 0.3) is 21.7 Å². The van der Waals surface area contributed by atoms with E-state index in [0.717, 1.165) is 53.2 Å². The van der Waals surface area contributed by atoms with E-state index in [9.17, 15) is 9.90 Å². The van der Waals surface area contributed by atoms with Gasteiger partial charge in [0.05, 0.1) is 11.6 Å². The molecule has 5 atom stereocenters. The number of ketones is 1. The van der Waals surface area contributed by atoms with Crippen molar-refractivity contribution in [1.29, 1.82) is 0 Å². The topological polar surface area (TPSA) is 53.4 Å². The summed E-state index contributed by atoms with van der Waals surface area (Å²) in [5.74, 6) is 0.940. The van der Waals surface area contributed by atoms with E-state index in [1.165, 1.54) is 0 Å². The van der Waals surface area contributed by atoms with Crippen LogP contribution in [0.5, 0.6) is 0 Å². The summed E-state index contributed by atoms with van der Waals surface area (Å²) >= 11 is 0. The van der Waals surface area contributed by atoms with Crippen molar-refractivity contribution in [2.75, 3.05) is 13.1 Å². The Hall–Kier alpha value is -3.34. The molecular formula is C30H28N2O2. The molecule has 4 heteroatoms. The highest BCUT2D eigenvalue weighted by atomic mass is 16.3. The molecule has 1 aromatic heterocycles. The Bertz CT molecular complexity index is 1410. The van der Waals surface area contributed by atoms with Crippen molar-refractivity contribution in [3.63, 3.8) is 0 Å². The molecule has 34 heavy (non-hydrogen) atoms. The number of pyridine rings is 1. The van der Waals surface area contributed by atoms with Crippen LogP contribution in [0.1, 0.15) is 40.6 Å². The zero-order valence-corrected chi connectivity index (χ0v) is 19.1. The monoisotopic (exact) mass is 448 g/mol. The van der Waals surface area contributed by atoms with Crippen molar-refractivity contribution in [3.05, 3.63) is 102 Å². The number of benzene rings is 3. The molecule has 1 unspecified atom stereocenters. The molecule has 3 aromatic carbocycles. The van der Waals surface area contributed by atoms with Crippen LogP contribution in [0.15, 0.2) is 85.5 Å². The van der Waals surface area contributed by atoms with Crippen molar-refractivity contribution < 1.29 is 9.90 Å². The lowest BCUT2D eigenvalue weighted by molar-refractivity contribution is -0.0444. The van der Waals surface area contributed by atoms with Gasteiger partial charge in [-0.2, -0.15) is 0 Å². The van der Waals surface area contributed by atoms with Crippen molar-refractivity contribution in [2.24, 2.45) is 11.8 Å². The van der Waals surface area contributed by atoms with E-state index in [2.05, 4.69) is 17.6 Å². The van der Waals surface area contributed by atoms with Gasteiger partial charge in [0.1, 0.15) is 5.69 Å². The molecule has 0 spiro atoms. The average molecular weight is 449 g/mol. The van der Waals surface area contributed by atoms with Gasteiger partial charge < -0.3 is 5.11 Å². The quantitative estimate of drug-likeness (QED) is 0.321. The number of hydrogen-bond acceptors (Lipinski definition) is 4. The molecule has 4 heterocycles. The minimum Gasteiger partial charge on any atom is -0.387 e. The molecule has 4 aromatic rings. The van der Waals surface area contributed by atoms with Crippen LogP contribution in [0.4, 0.5) is 0 Å². The number of rotatable bonds is 5. The van der Waals surface area contributed by atoms with Gasteiger partial charge in [-0.3, -0.25) is 9.69 Å². The summed E-state index contributed by atoms with van der Waals surface area (Å²) in [6.07, 6.45) is 3.49. The fourth-order valence-electron chi connectivity index (χ4n) is 6.04. The Balaban J connectivity index is 1.43. The molecule has 0 radical (unpaired) electrons. The molecular weight excluding hydrogens is 420 g/mol. The number of hydrogen-bond donors (Lipinski definition) is 1. The Labute approximate surface area is 199 Å². The third kappa shape index (κ3) is 3.46. The zero-order valence-electron chi connectivity index (χ0n) is 19.1. The molecule has 3 aliphatic rings. The number of para-hydroxylation sites is 1. The summed E-state index contributed by atoms with van der Waals surface area (Å²) in [4.78, 5) is 20.8. The van der Waals surface area contributed by atoms with Crippen molar-refractivity contribution in [2.45, 2.75) is 25.0 Å². The lowest BCUT2D eigenvalue weighted by Gasteiger charge is -2.50. The molecule has 3 aliphatic heterocycles. The number of aromatic nitrogens is 1. The second-order valence-corrected chi connectivity index (χ2v) is 9.66. The average Bonchev–Trinajstić information content (AvgIpc) is 2.91. The van der Waals surface area contributed by atoms with Gasteiger partial charge in [-0.05, 0) is 59.7 Å². The van der Waals surface area contributed by atoms with E-state index in [4.69, 9.17) is 4.98 Å². The molecule has 3 saturated heterocycles. The Morgan fingerprint density at radius 3 is 2.62 bits per heavy atom. The summed E-state index contributed by atoms with van der Waals surface area (Å²) in [5.41, 5.74) is 2.55. The molecule has 170 valence electrons. The summed E-state index contributed by atoms with van der Waals surface area (Å²) in [6, 6.07) is 23.4. The van der Waals surface area contributed by atoms with Crippen LogP contribution in [0, 0.1) is 11.8 Å². The summed E-state index contributed by atoms with van der Waals surface area (Å²) in [7, 11) is 0. The minimum atomic E-state index is -0.680. The lowest BCUT2D eigenvalue weighted by atomic mass is 9.73. The molecule has 2 bridgehead atoms. The summed E-state index contributed by atoms with van der Waals surface area (Å²) in [6.45, 7) is 5.97. The molecule has 0 saturated carbocycles. The van der Waals surface area contributed by atoms with Crippen LogP contribution >= 0.6 is 0 Å². The van der Waals surface area contributed by atoms with Gasteiger partial charge in [0.2, 0.25) is 5.78 Å². The third-order valence-electron chi connectivity index (χ3n) is 7.85. The van der Waals surface area contributed by atoms with Crippen LogP contribution in [0.3, 0.4) is 0 Å². The first-order chi connectivity index (χ1) is 16.6. The van der Waals surface area contributed by atoms with Crippen molar-refractivity contribution in [1.82, 2.24) is 9.88 Å². The first-order valence-electron chi connectivity index (χ1n) is 12.1. The fourth-order valence-corrected chi connectivity index (χ4v) is 6.04. The number of carbonyl (C=O) groups excluding carboxylic acids is 1. The molecule has 0 amide bonds. The lowest BCUT2D eigenvalue weighted by Crippen LogP contribution is -2.54. The minimum absolute atomic E-state index is 0.0428. The standard InChI is InChI=1S/C30H28N2O2/c1-2-19-18-32-15-14-21(19)16-28(32)30(34)25-17-27(31-26-13-6-5-11-23(25)26)29(33)24-12-7-9-20-8-3-4-10-22(20)24/h2-13,17,19,21,28,30,34H,1,14-16,18H2/t19-,21+,28+,30-/m1/s1. The van der Waals surface area contributed by atoms with Gasteiger partial charge in [0, 0.05) is 23.5 Å². The fraction of sp³-hybridized carbons (Fsp3) is 0.267. The van der Waals surface area contributed by atoms with Crippen LogP contribution in [0.2, 0.25) is 0 Å². The van der Waals surface area contributed by atoms with Crippen molar-refractivity contribution in [3.8, 4) is 0 Å². The smallest absolute Gasteiger partial charge is 0.211 e. The highest BCUT2D eigenvalue weighted by molar-refractivity contribution is 6.16. The maximum absolute atomic E-state index is 13.7. The second-order valence-electron chi connectivity index (χ2n) is 9.66. The summed E-state index contributed by atoms with van der Waals surface area (Å²) < 4.78 is 0. The van der Waals surface area contributed by atoms with Crippen LogP contribution in [-0.2, 0) is 0 Å². The van der Waals surface area contributed by atoms with Crippen molar-refractivity contribution >= 4 is 27.5 Å². The molecule has 1 N–H and O–H groups in total. The molecule has 3 fully saturated rings. The first kappa shape index (κ1) is 21.2. The predicted octanol–water partition coefficient (Wildman–Crippen LogP) is 5.55. The number of fused-ring (bicyclic) bond motifs is 5. The van der Waals surface area contributed by atoms with E-state index in [0.29, 0.717) is 23.1 Å². The SMILES string of the molecule is C=C[C@@H]1CN2CC[C@H]1C[C@H]2[C@H](O)c1cc(C(=O)c2cccc3ccccc23)nc2ccccc12. The van der Waals surface area contributed by atoms with Gasteiger partial charge in [-0.1, -0.05) is 66.7 Å². The number of nitrogens with zero attached hydrogens (tertiary/aromatic N) is 2. The van der Waals surface area contributed by atoms with Gasteiger partial charge in [0.25, 0.3) is 0 Å². The Kier molecular flexibility index (Phi) is 5.28. The first-order valence-corrected chi connectivity index (χ1v) is 12.1. The van der Waals surface area contributed by atoms with Crippen LogP contribution < -0.4 is 0 Å². The molecule has 4 nitrogen and oxygen atoms in total. The van der Waals surface area contributed by atoms with Gasteiger partial charge in [-0.15, -0.1) is 6.58 Å². The number of piperidine rings is 3.